The molecule has 2 aromatic rings. The molecule has 0 radical (unpaired) electrons. The summed E-state index contributed by atoms with van der Waals surface area (Å²) in [6.45, 7) is 1.26. The normalized spacial score (nSPS) is 23.0. The van der Waals surface area contributed by atoms with Gasteiger partial charge in [0.15, 0.2) is 11.9 Å². The van der Waals surface area contributed by atoms with Crippen molar-refractivity contribution in [2.45, 2.75) is 44.6 Å². The third-order valence-electron chi connectivity index (χ3n) is 3.77. The number of esters is 1. The number of aliphatic carboxylic acids is 1. The molecule has 0 amide bonds. The molecule has 11 heteroatoms. The Morgan fingerprint density at radius 3 is 3.00 bits per heavy atom. The van der Waals surface area contributed by atoms with Gasteiger partial charge in [0.1, 0.15) is 6.10 Å². The summed E-state index contributed by atoms with van der Waals surface area (Å²) in [5.74, 6) is -1.46. The Morgan fingerprint density at radius 1 is 1.56 bits per heavy atom. The summed E-state index contributed by atoms with van der Waals surface area (Å²) >= 11 is 0.927. The minimum Gasteiger partial charge on any atom is -0.481 e. The van der Waals surface area contributed by atoms with Crippen molar-refractivity contribution in [2.75, 3.05) is 5.73 Å². The Balaban J connectivity index is 1.96. The lowest BCUT2D eigenvalue weighted by molar-refractivity contribution is -0.152. The van der Waals surface area contributed by atoms with E-state index in [-0.39, 0.29) is 23.7 Å². The fraction of sp³-hybridized carbons (Fsp3) is 0.500. The molecule has 0 aromatic carbocycles. The largest absolute Gasteiger partial charge is 0.481 e. The standard InChI is InChI=1S/C14H16N4O6S/c1-6(19)23-8-4-7(2-3-10(20)21)24-12(8)18-11-9(25-14(18)22)5-16-13(15)17-11/h5,7-8,12H,2-4H2,1H3,(H,20,21)(H2,15,16,17). The molecule has 134 valence electrons. The number of nitrogens with zero attached hydrogens (tertiary/aromatic N) is 3. The van der Waals surface area contributed by atoms with Crippen molar-refractivity contribution < 1.29 is 24.2 Å². The van der Waals surface area contributed by atoms with E-state index in [1.807, 2.05) is 0 Å². The number of aromatic nitrogens is 3. The number of anilines is 1. The van der Waals surface area contributed by atoms with Crippen LogP contribution >= 0.6 is 11.3 Å². The molecule has 1 aliphatic heterocycles. The highest BCUT2D eigenvalue weighted by Crippen LogP contribution is 2.35. The van der Waals surface area contributed by atoms with Crippen LogP contribution < -0.4 is 10.6 Å². The van der Waals surface area contributed by atoms with Crippen molar-refractivity contribution in [3.05, 3.63) is 15.9 Å². The second-order valence-electron chi connectivity index (χ2n) is 5.62. The smallest absolute Gasteiger partial charge is 0.311 e. The highest BCUT2D eigenvalue weighted by Gasteiger charge is 2.40. The van der Waals surface area contributed by atoms with Crippen LogP contribution in [0.1, 0.15) is 32.4 Å². The van der Waals surface area contributed by atoms with Gasteiger partial charge in [-0.2, -0.15) is 4.98 Å². The van der Waals surface area contributed by atoms with Gasteiger partial charge in [-0.15, -0.1) is 0 Å². The average Bonchev–Trinajstić information content (AvgIpc) is 3.04. The molecule has 3 rings (SSSR count). The van der Waals surface area contributed by atoms with Crippen molar-refractivity contribution >= 4 is 39.6 Å². The number of nitrogen functional groups attached to an aromatic ring is 1. The summed E-state index contributed by atoms with van der Waals surface area (Å²) in [6.07, 6.45) is -0.164. The van der Waals surface area contributed by atoms with Crippen LogP contribution in [0.25, 0.3) is 10.3 Å². The van der Waals surface area contributed by atoms with E-state index >= 15 is 0 Å². The molecule has 0 bridgehead atoms. The van der Waals surface area contributed by atoms with Gasteiger partial charge in [0.05, 0.1) is 17.0 Å². The van der Waals surface area contributed by atoms with E-state index in [0.29, 0.717) is 16.8 Å². The summed E-state index contributed by atoms with van der Waals surface area (Å²) < 4.78 is 12.9. The highest BCUT2D eigenvalue weighted by atomic mass is 32.1. The predicted octanol–water partition coefficient (Wildman–Crippen LogP) is 0.519. The number of ether oxygens (including phenoxy) is 2. The molecule has 3 N–H and O–H groups in total. The molecule has 3 atom stereocenters. The molecule has 1 aliphatic rings. The van der Waals surface area contributed by atoms with Gasteiger partial charge < -0.3 is 20.3 Å². The topological polar surface area (TPSA) is 147 Å². The van der Waals surface area contributed by atoms with Crippen molar-refractivity contribution in [1.82, 2.24) is 14.5 Å². The number of hydrogen-bond acceptors (Lipinski definition) is 9. The molecule has 0 spiro atoms. The number of carbonyl (C=O) groups excluding carboxylic acids is 1. The van der Waals surface area contributed by atoms with Crippen molar-refractivity contribution in [3.8, 4) is 0 Å². The number of thiazole rings is 1. The molecule has 2 aromatic heterocycles. The molecule has 0 saturated carbocycles. The number of carbonyl (C=O) groups is 2. The Labute approximate surface area is 145 Å². The summed E-state index contributed by atoms with van der Waals surface area (Å²) in [5, 5.41) is 8.83. The van der Waals surface area contributed by atoms with Gasteiger partial charge >= 0.3 is 16.8 Å². The number of carboxylic acid groups (broad SMARTS) is 1. The Morgan fingerprint density at radius 2 is 2.32 bits per heavy atom. The monoisotopic (exact) mass is 368 g/mol. The number of nitrogens with two attached hydrogens (primary N) is 1. The second kappa shape index (κ2) is 6.76. The van der Waals surface area contributed by atoms with Crippen LogP contribution in [0.2, 0.25) is 0 Å². The SMILES string of the molecule is CC(=O)OC1CC(CCC(=O)O)OC1n1c(=O)sc2cnc(N)nc21. The summed E-state index contributed by atoms with van der Waals surface area (Å²) in [7, 11) is 0. The maximum Gasteiger partial charge on any atom is 0.311 e. The zero-order chi connectivity index (χ0) is 18.1. The van der Waals surface area contributed by atoms with Gasteiger partial charge in [0.2, 0.25) is 5.95 Å². The highest BCUT2D eigenvalue weighted by molar-refractivity contribution is 7.16. The Kier molecular flexibility index (Phi) is 4.68. The minimum atomic E-state index is -0.949. The van der Waals surface area contributed by atoms with E-state index in [2.05, 4.69) is 9.97 Å². The zero-order valence-corrected chi connectivity index (χ0v) is 14.1. The average molecular weight is 368 g/mol. The van der Waals surface area contributed by atoms with Gasteiger partial charge in [-0.25, -0.2) is 4.98 Å². The van der Waals surface area contributed by atoms with Crippen LogP contribution in [0.3, 0.4) is 0 Å². The minimum absolute atomic E-state index is 0.00325. The lowest BCUT2D eigenvalue weighted by atomic mass is 10.1. The van der Waals surface area contributed by atoms with E-state index in [1.54, 1.807) is 0 Å². The van der Waals surface area contributed by atoms with Crippen LogP contribution in [0.5, 0.6) is 0 Å². The lowest BCUT2D eigenvalue weighted by Crippen LogP contribution is -2.30. The first-order chi connectivity index (χ1) is 11.8. The maximum absolute atomic E-state index is 12.4. The number of carboxylic acids is 1. The molecule has 1 fully saturated rings. The van der Waals surface area contributed by atoms with Crippen LogP contribution in [0.4, 0.5) is 5.95 Å². The molecule has 10 nitrogen and oxygen atoms in total. The first-order valence-electron chi connectivity index (χ1n) is 7.53. The molecule has 3 unspecified atom stereocenters. The molecular weight excluding hydrogens is 352 g/mol. The summed E-state index contributed by atoms with van der Waals surface area (Å²) in [4.78, 5) is 42.1. The van der Waals surface area contributed by atoms with Crippen LogP contribution in [0, 0.1) is 0 Å². The van der Waals surface area contributed by atoms with Gasteiger partial charge in [0.25, 0.3) is 0 Å². The number of fused-ring (bicyclic) bond motifs is 1. The maximum atomic E-state index is 12.4. The third kappa shape index (κ3) is 3.61. The van der Waals surface area contributed by atoms with E-state index < -0.39 is 30.4 Å². The van der Waals surface area contributed by atoms with E-state index in [4.69, 9.17) is 20.3 Å². The number of hydrogen-bond donors (Lipinski definition) is 2. The van der Waals surface area contributed by atoms with Gasteiger partial charge in [-0.3, -0.25) is 19.0 Å². The number of rotatable bonds is 5. The van der Waals surface area contributed by atoms with Crippen molar-refractivity contribution in [2.24, 2.45) is 0 Å². The molecule has 25 heavy (non-hydrogen) atoms. The second-order valence-corrected chi connectivity index (χ2v) is 6.61. The first-order valence-corrected chi connectivity index (χ1v) is 8.35. The fourth-order valence-corrected chi connectivity index (χ4v) is 3.62. The van der Waals surface area contributed by atoms with E-state index in [0.717, 1.165) is 11.3 Å². The summed E-state index contributed by atoms with van der Waals surface area (Å²) in [5.41, 5.74) is 5.89. The van der Waals surface area contributed by atoms with Crippen molar-refractivity contribution in [3.63, 3.8) is 0 Å². The molecular formula is C14H16N4O6S. The van der Waals surface area contributed by atoms with Crippen LogP contribution in [-0.4, -0.2) is 43.8 Å². The van der Waals surface area contributed by atoms with Gasteiger partial charge in [-0.1, -0.05) is 11.3 Å². The van der Waals surface area contributed by atoms with E-state index in [1.165, 1.54) is 17.7 Å². The van der Waals surface area contributed by atoms with Crippen LogP contribution in [-0.2, 0) is 19.1 Å². The Bertz CT molecular complexity index is 878. The molecule has 0 aliphatic carbocycles. The third-order valence-corrected chi connectivity index (χ3v) is 4.65. The summed E-state index contributed by atoms with van der Waals surface area (Å²) in [6, 6.07) is 0. The van der Waals surface area contributed by atoms with E-state index in [9.17, 15) is 14.4 Å². The van der Waals surface area contributed by atoms with Crippen molar-refractivity contribution in [1.29, 1.82) is 0 Å². The zero-order valence-electron chi connectivity index (χ0n) is 13.2. The molecule has 3 heterocycles. The van der Waals surface area contributed by atoms with Crippen LogP contribution in [0.15, 0.2) is 11.0 Å². The van der Waals surface area contributed by atoms with Gasteiger partial charge in [-0.05, 0) is 6.42 Å². The predicted molar refractivity (Wildman–Crippen MR) is 87.0 cm³/mol. The van der Waals surface area contributed by atoms with Gasteiger partial charge in [0, 0.05) is 19.8 Å². The first kappa shape index (κ1) is 17.3. The Hall–Kier alpha value is -2.53. The molecule has 1 saturated heterocycles. The quantitative estimate of drug-likeness (QED) is 0.721. The fourth-order valence-electron chi connectivity index (χ4n) is 2.81. The lowest BCUT2D eigenvalue weighted by Gasteiger charge is -2.19.